The van der Waals surface area contributed by atoms with E-state index in [2.05, 4.69) is 15.3 Å². The maximum Gasteiger partial charge on any atom is 0.493 e. The average molecular weight is 405 g/mol. The summed E-state index contributed by atoms with van der Waals surface area (Å²) >= 11 is 0. The van der Waals surface area contributed by atoms with Gasteiger partial charge in [0, 0.05) is 12.0 Å². The number of nitriles is 1. The molecule has 0 unspecified atom stereocenters. The Bertz CT molecular complexity index is 1220. The van der Waals surface area contributed by atoms with Gasteiger partial charge in [-0.25, -0.2) is 9.31 Å². The molecule has 1 saturated heterocycles. The molecular weight excluding hydrogens is 391 g/mol. The Hall–Kier alpha value is -3.39. The van der Waals surface area contributed by atoms with Gasteiger partial charge >= 0.3 is 12.1 Å². The van der Waals surface area contributed by atoms with Crippen LogP contribution in [0, 0.1) is 11.3 Å². The van der Waals surface area contributed by atoms with Crippen molar-refractivity contribution in [1.82, 2.24) is 19.7 Å². The summed E-state index contributed by atoms with van der Waals surface area (Å²) in [5.74, 6) is -2.61. The van der Waals surface area contributed by atoms with Crippen molar-refractivity contribution < 1.29 is 22.8 Å². The SMILES string of the molecule is N#Cc1cccc2nn3c(C4CCNCC4)cc(=O)n(OC(=O)C(F)(F)F)c3c12. The van der Waals surface area contributed by atoms with Crippen LogP contribution < -0.4 is 15.7 Å². The molecule has 0 atom stereocenters. The third kappa shape index (κ3) is 3.21. The summed E-state index contributed by atoms with van der Waals surface area (Å²) in [4.78, 5) is 28.5. The fourth-order valence-corrected chi connectivity index (χ4v) is 3.56. The minimum atomic E-state index is -5.29. The van der Waals surface area contributed by atoms with Gasteiger partial charge in [-0.1, -0.05) is 6.07 Å². The highest BCUT2D eigenvalue weighted by Gasteiger charge is 2.42. The summed E-state index contributed by atoms with van der Waals surface area (Å²) in [5.41, 5.74) is -0.252. The van der Waals surface area contributed by atoms with E-state index in [9.17, 15) is 28.0 Å². The Morgan fingerprint density at radius 1 is 1.31 bits per heavy atom. The van der Waals surface area contributed by atoms with Crippen molar-refractivity contribution in [3.05, 3.63) is 45.9 Å². The van der Waals surface area contributed by atoms with Crippen LogP contribution in [0.5, 0.6) is 0 Å². The molecule has 3 heterocycles. The highest BCUT2D eigenvalue weighted by atomic mass is 19.4. The summed E-state index contributed by atoms with van der Waals surface area (Å²) in [5, 5.41) is 17.1. The molecular formula is C18H14F3N5O3. The van der Waals surface area contributed by atoms with Crippen molar-refractivity contribution in [1.29, 1.82) is 5.26 Å². The van der Waals surface area contributed by atoms with Gasteiger partial charge in [-0.15, -0.1) is 4.73 Å². The molecule has 4 rings (SSSR count). The Morgan fingerprint density at radius 2 is 2.03 bits per heavy atom. The average Bonchev–Trinajstić information content (AvgIpc) is 3.09. The van der Waals surface area contributed by atoms with Gasteiger partial charge < -0.3 is 10.2 Å². The van der Waals surface area contributed by atoms with Crippen molar-refractivity contribution >= 4 is 22.5 Å². The number of halogens is 3. The maximum absolute atomic E-state index is 12.8. The minimum absolute atomic E-state index is 0.0701. The van der Waals surface area contributed by atoms with E-state index in [1.54, 1.807) is 12.1 Å². The molecule has 1 N–H and O–H groups in total. The van der Waals surface area contributed by atoms with Crippen LogP contribution in [0.4, 0.5) is 13.2 Å². The monoisotopic (exact) mass is 405 g/mol. The van der Waals surface area contributed by atoms with E-state index >= 15 is 0 Å². The number of nitrogens with one attached hydrogen (secondary N) is 1. The van der Waals surface area contributed by atoms with E-state index in [4.69, 9.17) is 0 Å². The molecule has 8 nitrogen and oxygen atoms in total. The van der Waals surface area contributed by atoms with E-state index in [1.807, 2.05) is 6.07 Å². The molecule has 0 amide bonds. The number of rotatable bonds is 2. The van der Waals surface area contributed by atoms with Crippen molar-refractivity contribution in [2.45, 2.75) is 24.9 Å². The predicted molar refractivity (Wildman–Crippen MR) is 94.2 cm³/mol. The number of fused-ring (bicyclic) bond motifs is 3. The molecule has 0 spiro atoms. The quantitative estimate of drug-likeness (QED) is 0.694. The van der Waals surface area contributed by atoms with Gasteiger partial charge in [0.1, 0.15) is 0 Å². The van der Waals surface area contributed by atoms with Gasteiger partial charge in [0.05, 0.1) is 28.2 Å². The van der Waals surface area contributed by atoms with Crippen molar-refractivity contribution in [3.63, 3.8) is 0 Å². The van der Waals surface area contributed by atoms with Crippen LogP contribution in [0.3, 0.4) is 0 Å². The molecule has 3 aromatic rings. The molecule has 150 valence electrons. The Balaban J connectivity index is 2.05. The molecule has 1 fully saturated rings. The second-order valence-electron chi connectivity index (χ2n) is 6.65. The number of piperidine rings is 1. The lowest BCUT2D eigenvalue weighted by molar-refractivity contribution is -0.199. The molecule has 29 heavy (non-hydrogen) atoms. The standard InChI is InChI=1S/C18H14F3N5O3/c19-18(20,21)17(28)29-26-14(27)8-13(10-4-6-23-7-5-10)25-16(26)15-11(9-22)2-1-3-12(15)24-25/h1-3,8,10,23H,4-7H2. The second-order valence-corrected chi connectivity index (χ2v) is 6.65. The molecule has 1 aliphatic heterocycles. The van der Waals surface area contributed by atoms with Crippen LogP contribution in [-0.4, -0.2) is 39.6 Å². The lowest BCUT2D eigenvalue weighted by Crippen LogP contribution is -2.39. The van der Waals surface area contributed by atoms with E-state index in [1.165, 1.54) is 10.6 Å². The van der Waals surface area contributed by atoms with Gasteiger partial charge in [-0.05, 0) is 38.1 Å². The molecule has 0 saturated carbocycles. The topological polar surface area (TPSA) is 101 Å². The summed E-state index contributed by atoms with van der Waals surface area (Å²) < 4.78 is 39.8. The van der Waals surface area contributed by atoms with Crippen LogP contribution in [0.15, 0.2) is 29.1 Å². The lowest BCUT2D eigenvalue weighted by Gasteiger charge is -2.23. The molecule has 0 aliphatic carbocycles. The summed E-state index contributed by atoms with van der Waals surface area (Å²) in [6, 6.07) is 7.65. The molecule has 0 radical (unpaired) electrons. The zero-order valence-electron chi connectivity index (χ0n) is 14.9. The second kappa shape index (κ2) is 6.89. The Morgan fingerprint density at radius 3 is 2.69 bits per heavy atom. The number of carbonyl (C=O) groups excluding carboxylic acids is 1. The van der Waals surface area contributed by atoms with Gasteiger partial charge in [0.2, 0.25) is 0 Å². The van der Waals surface area contributed by atoms with Gasteiger partial charge in [0.15, 0.2) is 5.65 Å². The third-order valence-corrected chi connectivity index (χ3v) is 4.87. The van der Waals surface area contributed by atoms with Crippen LogP contribution in [-0.2, 0) is 4.79 Å². The van der Waals surface area contributed by atoms with Gasteiger partial charge in [-0.2, -0.15) is 23.5 Å². The van der Waals surface area contributed by atoms with Crippen LogP contribution in [0.1, 0.15) is 30.0 Å². The minimum Gasteiger partial charge on any atom is -0.323 e. The maximum atomic E-state index is 12.8. The summed E-state index contributed by atoms with van der Waals surface area (Å²) in [6.45, 7) is 1.42. The number of nitrogens with zero attached hydrogens (tertiary/aromatic N) is 4. The van der Waals surface area contributed by atoms with Crippen LogP contribution in [0.2, 0.25) is 0 Å². The van der Waals surface area contributed by atoms with E-state index in [0.717, 1.165) is 6.07 Å². The first-order valence-electron chi connectivity index (χ1n) is 8.79. The van der Waals surface area contributed by atoms with E-state index in [0.29, 0.717) is 37.1 Å². The zero-order chi connectivity index (χ0) is 20.8. The molecule has 2 aromatic heterocycles. The first-order chi connectivity index (χ1) is 13.8. The highest BCUT2D eigenvalue weighted by Crippen LogP contribution is 2.29. The zero-order valence-corrected chi connectivity index (χ0v) is 14.9. The van der Waals surface area contributed by atoms with Gasteiger partial charge in [-0.3, -0.25) is 4.79 Å². The predicted octanol–water partition coefficient (Wildman–Crippen LogP) is 1.51. The normalized spacial score (nSPS) is 15.5. The number of hydrogen-bond acceptors (Lipinski definition) is 6. The van der Waals surface area contributed by atoms with E-state index < -0.39 is 17.7 Å². The molecule has 1 aromatic carbocycles. The number of alkyl halides is 3. The number of aromatic nitrogens is 3. The summed E-state index contributed by atoms with van der Waals surface area (Å²) in [7, 11) is 0. The molecule has 11 heteroatoms. The fraction of sp³-hybridized carbons (Fsp3) is 0.333. The first-order valence-corrected chi connectivity index (χ1v) is 8.79. The van der Waals surface area contributed by atoms with Gasteiger partial charge in [0.25, 0.3) is 5.56 Å². The van der Waals surface area contributed by atoms with Crippen molar-refractivity contribution in [3.8, 4) is 6.07 Å². The molecule has 0 bridgehead atoms. The largest absolute Gasteiger partial charge is 0.493 e. The Labute approximate surface area is 161 Å². The number of carbonyl (C=O) groups is 1. The molecule has 1 aliphatic rings. The first kappa shape index (κ1) is 18.9. The summed E-state index contributed by atoms with van der Waals surface area (Å²) in [6.07, 6.45) is -3.90. The van der Waals surface area contributed by atoms with Crippen LogP contribution in [0.25, 0.3) is 16.6 Å². The van der Waals surface area contributed by atoms with Crippen molar-refractivity contribution in [2.24, 2.45) is 0 Å². The van der Waals surface area contributed by atoms with Crippen LogP contribution >= 0.6 is 0 Å². The third-order valence-electron chi connectivity index (χ3n) is 4.87. The number of benzene rings is 1. The highest BCUT2D eigenvalue weighted by molar-refractivity contribution is 5.97. The van der Waals surface area contributed by atoms with Crippen molar-refractivity contribution in [2.75, 3.05) is 13.1 Å². The van der Waals surface area contributed by atoms with E-state index in [-0.39, 0.29) is 27.2 Å². The Kier molecular flexibility index (Phi) is 4.50. The smallest absolute Gasteiger partial charge is 0.323 e. The lowest BCUT2D eigenvalue weighted by atomic mass is 9.94. The number of hydrogen-bond donors (Lipinski definition) is 1. The fourth-order valence-electron chi connectivity index (χ4n) is 3.56.